The molecule has 0 spiro atoms. The maximum absolute atomic E-state index is 11.0. The Morgan fingerprint density at radius 1 is 1.42 bits per heavy atom. The van der Waals surface area contributed by atoms with Gasteiger partial charge in [-0.1, -0.05) is 13.8 Å². The normalized spacial score (nSPS) is 14.8. The molecule has 0 aromatic heterocycles. The maximum atomic E-state index is 11.0. The van der Waals surface area contributed by atoms with Gasteiger partial charge in [-0.25, -0.2) is 8.42 Å². The number of rotatable bonds is 3. The van der Waals surface area contributed by atoms with Crippen LogP contribution in [0.3, 0.4) is 0 Å². The van der Waals surface area contributed by atoms with Crippen LogP contribution < -0.4 is 0 Å². The number of nitrogens with zero attached hydrogens (tertiary/aromatic N) is 2. The van der Waals surface area contributed by atoms with Gasteiger partial charge in [0.15, 0.2) is 0 Å². The number of nitriles is 1. The summed E-state index contributed by atoms with van der Waals surface area (Å²) in [6.07, 6.45) is 1.10. The van der Waals surface area contributed by atoms with Crippen LogP contribution in [-0.2, 0) is 10.0 Å². The Bertz CT molecular complexity index is 276. The molecule has 0 rings (SSSR count). The van der Waals surface area contributed by atoms with Crippen molar-refractivity contribution in [3.8, 4) is 6.07 Å². The van der Waals surface area contributed by atoms with Crippen molar-refractivity contribution >= 4 is 10.0 Å². The minimum Gasteiger partial charge on any atom is -0.212 e. The van der Waals surface area contributed by atoms with Crippen molar-refractivity contribution in [2.24, 2.45) is 5.92 Å². The molecule has 1 unspecified atom stereocenters. The van der Waals surface area contributed by atoms with E-state index in [0.717, 1.165) is 10.6 Å². The number of hydrogen-bond donors (Lipinski definition) is 0. The molecule has 0 heterocycles. The van der Waals surface area contributed by atoms with Gasteiger partial charge in [0.05, 0.1) is 12.3 Å². The lowest BCUT2D eigenvalue weighted by Crippen LogP contribution is -2.38. The molecule has 4 nitrogen and oxygen atoms in total. The van der Waals surface area contributed by atoms with Gasteiger partial charge in [0.25, 0.3) is 0 Å². The van der Waals surface area contributed by atoms with Gasteiger partial charge in [0.1, 0.15) is 6.04 Å². The van der Waals surface area contributed by atoms with Gasteiger partial charge in [0.2, 0.25) is 10.0 Å². The minimum atomic E-state index is -3.25. The van der Waals surface area contributed by atoms with E-state index >= 15 is 0 Å². The zero-order valence-electron chi connectivity index (χ0n) is 7.77. The molecule has 0 N–H and O–H groups in total. The van der Waals surface area contributed by atoms with Gasteiger partial charge in [-0.05, 0) is 5.92 Å². The zero-order chi connectivity index (χ0) is 9.94. The molecule has 0 fully saturated rings. The standard InChI is InChI=1S/C7H14N2O2S/c1-6(2)7(5-8)9(3)12(4,10)11/h6-7H,1-4H3. The highest BCUT2D eigenvalue weighted by Gasteiger charge is 2.24. The molecule has 0 aromatic rings. The molecule has 0 saturated heterocycles. The molecule has 0 aliphatic heterocycles. The highest BCUT2D eigenvalue weighted by atomic mass is 32.2. The van der Waals surface area contributed by atoms with Gasteiger partial charge in [-0.2, -0.15) is 9.57 Å². The minimum absolute atomic E-state index is 0.00900. The summed E-state index contributed by atoms with van der Waals surface area (Å²) < 4.78 is 23.1. The smallest absolute Gasteiger partial charge is 0.212 e. The molecule has 0 saturated carbocycles. The average Bonchev–Trinajstić information content (AvgIpc) is 1.86. The van der Waals surface area contributed by atoms with Gasteiger partial charge >= 0.3 is 0 Å². The van der Waals surface area contributed by atoms with Crippen LogP contribution in [0.5, 0.6) is 0 Å². The first kappa shape index (κ1) is 11.4. The fraction of sp³-hybridized carbons (Fsp3) is 0.857. The van der Waals surface area contributed by atoms with Crippen LogP contribution in [0, 0.1) is 17.2 Å². The fourth-order valence-electron chi connectivity index (χ4n) is 0.857. The van der Waals surface area contributed by atoms with Crippen LogP contribution in [0.25, 0.3) is 0 Å². The molecule has 0 aliphatic rings. The molecule has 70 valence electrons. The molecule has 0 aliphatic carbocycles. The van der Waals surface area contributed by atoms with Crippen LogP contribution in [-0.4, -0.2) is 32.1 Å². The third kappa shape index (κ3) is 2.80. The van der Waals surface area contributed by atoms with Gasteiger partial charge in [-0.15, -0.1) is 0 Å². The van der Waals surface area contributed by atoms with E-state index in [-0.39, 0.29) is 5.92 Å². The van der Waals surface area contributed by atoms with Crippen LogP contribution in [0.2, 0.25) is 0 Å². The van der Waals surface area contributed by atoms with E-state index in [0.29, 0.717) is 0 Å². The molecular weight excluding hydrogens is 176 g/mol. The molecule has 0 aromatic carbocycles. The van der Waals surface area contributed by atoms with E-state index in [1.807, 2.05) is 19.9 Å². The Kier molecular flexibility index (Phi) is 3.68. The molecule has 0 bridgehead atoms. The van der Waals surface area contributed by atoms with Gasteiger partial charge in [0, 0.05) is 7.05 Å². The van der Waals surface area contributed by atoms with Crippen molar-refractivity contribution in [2.45, 2.75) is 19.9 Å². The predicted molar refractivity (Wildman–Crippen MR) is 46.8 cm³/mol. The van der Waals surface area contributed by atoms with Gasteiger partial charge < -0.3 is 0 Å². The Hall–Kier alpha value is -0.600. The largest absolute Gasteiger partial charge is 0.212 e. The number of hydrogen-bond acceptors (Lipinski definition) is 3. The fourth-order valence-corrected chi connectivity index (χ4v) is 1.56. The topological polar surface area (TPSA) is 61.2 Å². The molecular formula is C7H14N2O2S. The average molecular weight is 190 g/mol. The van der Waals surface area contributed by atoms with Crippen molar-refractivity contribution in [1.29, 1.82) is 5.26 Å². The maximum Gasteiger partial charge on any atom is 0.212 e. The van der Waals surface area contributed by atoms with E-state index in [9.17, 15) is 8.42 Å². The SMILES string of the molecule is CC(C)C(C#N)N(C)S(C)(=O)=O. The molecule has 0 radical (unpaired) electrons. The molecule has 12 heavy (non-hydrogen) atoms. The highest BCUT2D eigenvalue weighted by Crippen LogP contribution is 2.10. The summed E-state index contributed by atoms with van der Waals surface area (Å²) in [4.78, 5) is 0. The van der Waals surface area contributed by atoms with E-state index in [4.69, 9.17) is 5.26 Å². The second-order valence-corrected chi connectivity index (χ2v) is 5.14. The summed E-state index contributed by atoms with van der Waals surface area (Å²) in [6.45, 7) is 3.63. The lowest BCUT2D eigenvalue weighted by atomic mass is 10.1. The highest BCUT2D eigenvalue weighted by molar-refractivity contribution is 7.88. The Morgan fingerprint density at radius 3 is 1.92 bits per heavy atom. The van der Waals surface area contributed by atoms with E-state index < -0.39 is 16.1 Å². The van der Waals surface area contributed by atoms with Crippen molar-refractivity contribution in [1.82, 2.24) is 4.31 Å². The summed E-state index contributed by atoms with van der Waals surface area (Å²) in [7, 11) is -1.83. The first-order chi connectivity index (χ1) is 5.30. The summed E-state index contributed by atoms with van der Waals surface area (Å²) >= 11 is 0. The zero-order valence-corrected chi connectivity index (χ0v) is 8.59. The molecule has 5 heteroatoms. The second kappa shape index (κ2) is 3.87. The lowest BCUT2D eigenvalue weighted by molar-refractivity contribution is 0.355. The first-order valence-electron chi connectivity index (χ1n) is 3.63. The Labute approximate surface area is 73.8 Å². The Morgan fingerprint density at radius 2 is 1.83 bits per heavy atom. The number of sulfonamides is 1. The summed E-state index contributed by atoms with van der Waals surface area (Å²) in [5.74, 6) is 0.00900. The molecule has 1 atom stereocenters. The van der Waals surface area contributed by atoms with E-state index in [1.165, 1.54) is 7.05 Å². The first-order valence-corrected chi connectivity index (χ1v) is 5.48. The summed E-state index contributed by atoms with van der Waals surface area (Å²) in [5.41, 5.74) is 0. The summed E-state index contributed by atoms with van der Waals surface area (Å²) in [5, 5.41) is 8.67. The van der Waals surface area contributed by atoms with Crippen molar-refractivity contribution in [3.63, 3.8) is 0 Å². The monoisotopic (exact) mass is 190 g/mol. The van der Waals surface area contributed by atoms with Crippen molar-refractivity contribution in [3.05, 3.63) is 0 Å². The van der Waals surface area contributed by atoms with Crippen LogP contribution in [0.15, 0.2) is 0 Å². The van der Waals surface area contributed by atoms with Crippen LogP contribution >= 0.6 is 0 Å². The van der Waals surface area contributed by atoms with Crippen LogP contribution in [0.4, 0.5) is 0 Å². The van der Waals surface area contributed by atoms with Crippen molar-refractivity contribution < 1.29 is 8.42 Å². The third-order valence-electron chi connectivity index (χ3n) is 1.68. The summed E-state index contributed by atoms with van der Waals surface area (Å²) in [6, 6.07) is 1.39. The predicted octanol–water partition coefficient (Wildman–Crippen LogP) is 0.426. The van der Waals surface area contributed by atoms with E-state index in [1.54, 1.807) is 0 Å². The van der Waals surface area contributed by atoms with E-state index in [2.05, 4.69) is 0 Å². The van der Waals surface area contributed by atoms with Crippen LogP contribution in [0.1, 0.15) is 13.8 Å². The van der Waals surface area contributed by atoms with Gasteiger partial charge in [-0.3, -0.25) is 0 Å². The molecule has 0 amide bonds. The quantitative estimate of drug-likeness (QED) is 0.648. The lowest BCUT2D eigenvalue weighted by Gasteiger charge is -2.22. The van der Waals surface area contributed by atoms with Crippen molar-refractivity contribution in [2.75, 3.05) is 13.3 Å². The Balaban J connectivity index is 4.69. The third-order valence-corrected chi connectivity index (χ3v) is 2.95. The second-order valence-electron chi connectivity index (χ2n) is 3.10.